The van der Waals surface area contributed by atoms with Gasteiger partial charge < -0.3 is 0 Å². The number of aromatic nitrogens is 5. The molecule has 9 heteroatoms. The Bertz CT molecular complexity index is 1130. The number of carbonyl (C=O) groups excluding carboxylic acids is 1. The van der Waals surface area contributed by atoms with Gasteiger partial charge in [0.1, 0.15) is 5.01 Å². The van der Waals surface area contributed by atoms with Gasteiger partial charge in [-0.15, -0.1) is 21.5 Å². The first-order valence-corrected chi connectivity index (χ1v) is 10.2. The van der Waals surface area contributed by atoms with Crippen molar-refractivity contribution < 1.29 is 4.79 Å². The molecule has 0 fully saturated rings. The van der Waals surface area contributed by atoms with Gasteiger partial charge in [-0.3, -0.25) is 14.8 Å². The lowest BCUT2D eigenvalue weighted by Gasteiger charge is -2.07. The van der Waals surface area contributed by atoms with Crippen LogP contribution in [0.4, 0.5) is 5.13 Å². The van der Waals surface area contributed by atoms with Crippen molar-refractivity contribution in [3.63, 3.8) is 0 Å². The maximum Gasteiger partial charge on any atom is 0.258 e. The van der Waals surface area contributed by atoms with Crippen LogP contribution in [0.1, 0.15) is 40.8 Å². The number of fused-ring (bicyclic) bond motifs is 1. The number of nitrogens with one attached hydrogen (secondary N) is 1. The second-order valence-corrected chi connectivity index (χ2v) is 8.45. The molecule has 0 aliphatic carbocycles. The van der Waals surface area contributed by atoms with Crippen LogP contribution in [-0.4, -0.2) is 30.9 Å². The number of amides is 1. The third-order valence-corrected chi connectivity index (χ3v) is 6.17. The van der Waals surface area contributed by atoms with Crippen molar-refractivity contribution in [1.29, 1.82) is 0 Å². The Kier molecular flexibility index (Phi) is 4.48. The Hall–Kier alpha value is -2.65. The van der Waals surface area contributed by atoms with E-state index in [0.29, 0.717) is 16.3 Å². The smallest absolute Gasteiger partial charge is 0.258 e. The number of thiophene rings is 1. The van der Waals surface area contributed by atoms with Gasteiger partial charge in [0, 0.05) is 13.0 Å². The van der Waals surface area contributed by atoms with Gasteiger partial charge in [-0.1, -0.05) is 31.3 Å². The van der Waals surface area contributed by atoms with Gasteiger partial charge in [0.05, 0.1) is 27.2 Å². The zero-order valence-electron chi connectivity index (χ0n) is 15.3. The van der Waals surface area contributed by atoms with Crippen LogP contribution in [0, 0.1) is 6.92 Å². The average Bonchev–Trinajstić information content (AvgIpc) is 3.36. The fourth-order valence-electron chi connectivity index (χ4n) is 2.86. The van der Waals surface area contributed by atoms with Crippen molar-refractivity contribution in [3.8, 4) is 10.6 Å². The molecule has 1 N–H and O–H groups in total. The van der Waals surface area contributed by atoms with Crippen molar-refractivity contribution in [2.75, 3.05) is 5.32 Å². The molecule has 1 amide bonds. The topological polar surface area (TPSA) is 85.6 Å². The Morgan fingerprint density at radius 3 is 2.78 bits per heavy atom. The summed E-state index contributed by atoms with van der Waals surface area (Å²) in [5.41, 5.74) is 2.74. The van der Waals surface area contributed by atoms with Gasteiger partial charge in [-0.05, 0) is 24.4 Å². The average molecular weight is 399 g/mol. The number of nitrogens with zero attached hydrogens (tertiary/aromatic N) is 5. The van der Waals surface area contributed by atoms with E-state index in [-0.39, 0.29) is 11.8 Å². The van der Waals surface area contributed by atoms with E-state index >= 15 is 0 Å². The molecule has 0 bridgehead atoms. The van der Waals surface area contributed by atoms with E-state index < -0.39 is 0 Å². The normalized spacial score (nSPS) is 11.4. The van der Waals surface area contributed by atoms with E-state index in [1.807, 2.05) is 51.4 Å². The van der Waals surface area contributed by atoms with E-state index in [2.05, 4.69) is 20.6 Å². The van der Waals surface area contributed by atoms with Crippen LogP contribution in [0.2, 0.25) is 0 Å². The van der Waals surface area contributed by atoms with E-state index in [1.165, 1.54) is 11.3 Å². The lowest BCUT2D eigenvalue weighted by atomic mass is 10.1. The van der Waals surface area contributed by atoms with E-state index in [0.717, 1.165) is 26.7 Å². The van der Waals surface area contributed by atoms with Crippen LogP contribution in [0.15, 0.2) is 23.6 Å². The van der Waals surface area contributed by atoms with Crippen LogP contribution >= 0.6 is 22.7 Å². The third-order valence-electron chi connectivity index (χ3n) is 4.14. The molecule has 0 aliphatic rings. The highest BCUT2D eigenvalue weighted by atomic mass is 32.1. The number of aryl methyl sites for hydroxylation is 2. The molecule has 0 aliphatic heterocycles. The summed E-state index contributed by atoms with van der Waals surface area (Å²) < 4.78 is 1.71. The molecule has 27 heavy (non-hydrogen) atoms. The first-order valence-electron chi connectivity index (χ1n) is 8.47. The molecule has 7 nitrogen and oxygen atoms in total. The molecule has 4 heterocycles. The van der Waals surface area contributed by atoms with Crippen molar-refractivity contribution in [2.45, 2.75) is 26.7 Å². The van der Waals surface area contributed by atoms with Crippen molar-refractivity contribution >= 4 is 44.7 Å². The summed E-state index contributed by atoms with van der Waals surface area (Å²) in [6.45, 7) is 5.98. The number of hydrogen-bond acceptors (Lipinski definition) is 7. The lowest BCUT2D eigenvalue weighted by Crippen LogP contribution is -2.13. The number of rotatable bonds is 4. The fraction of sp³-hybridized carbons (Fsp3) is 0.278. The lowest BCUT2D eigenvalue weighted by molar-refractivity contribution is 0.102. The molecule has 138 valence electrons. The zero-order valence-corrected chi connectivity index (χ0v) is 17.0. The molecular formula is C18H18N6OS2. The minimum atomic E-state index is -0.234. The van der Waals surface area contributed by atoms with Gasteiger partial charge >= 0.3 is 0 Å². The number of pyridine rings is 1. The Morgan fingerprint density at radius 2 is 2.11 bits per heavy atom. The van der Waals surface area contributed by atoms with Crippen LogP contribution < -0.4 is 5.32 Å². The van der Waals surface area contributed by atoms with Gasteiger partial charge in [-0.2, -0.15) is 5.10 Å². The van der Waals surface area contributed by atoms with Crippen molar-refractivity contribution in [3.05, 3.63) is 39.8 Å². The van der Waals surface area contributed by atoms with Crippen LogP contribution in [0.5, 0.6) is 0 Å². The molecule has 0 saturated heterocycles. The fourth-order valence-corrected chi connectivity index (χ4v) is 4.28. The van der Waals surface area contributed by atoms with E-state index in [4.69, 9.17) is 4.98 Å². The van der Waals surface area contributed by atoms with Gasteiger partial charge in [0.2, 0.25) is 5.13 Å². The molecule has 0 aromatic carbocycles. The minimum absolute atomic E-state index is 0.234. The standard InChI is InChI=1S/C18H18N6OS2/c1-9(2)17-21-22-18(27-17)20-16(25)11-8-12(13-6-5-7-26-13)19-15-14(11)10(3)23-24(15)4/h5-9H,1-4H3,(H,20,22,25). The summed E-state index contributed by atoms with van der Waals surface area (Å²) >= 11 is 2.98. The molecule has 0 saturated carbocycles. The summed E-state index contributed by atoms with van der Waals surface area (Å²) in [5, 5.41) is 19.7. The van der Waals surface area contributed by atoms with Crippen LogP contribution in [-0.2, 0) is 7.05 Å². The maximum absolute atomic E-state index is 13.1. The van der Waals surface area contributed by atoms with Gasteiger partial charge in [0.15, 0.2) is 5.65 Å². The first-order chi connectivity index (χ1) is 12.9. The zero-order chi connectivity index (χ0) is 19.1. The quantitative estimate of drug-likeness (QED) is 0.556. The van der Waals surface area contributed by atoms with Crippen LogP contribution in [0.25, 0.3) is 21.6 Å². The summed E-state index contributed by atoms with van der Waals surface area (Å²) in [5.74, 6) is 0.0366. The highest BCUT2D eigenvalue weighted by molar-refractivity contribution is 7.15. The minimum Gasteiger partial charge on any atom is -0.296 e. The van der Waals surface area contributed by atoms with Crippen molar-refractivity contribution in [1.82, 2.24) is 25.0 Å². The van der Waals surface area contributed by atoms with Crippen molar-refractivity contribution in [2.24, 2.45) is 7.05 Å². The Morgan fingerprint density at radius 1 is 1.30 bits per heavy atom. The summed E-state index contributed by atoms with van der Waals surface area (Å²) in [6.07, 6.45) is 0. The molecule has 4 aromatic rings. The monoisotopic (exact) mass is 398 g/mol. The predicted molar refractivity (Wildman–Crippen MR) is 109 cm³/mol. The maximum atomic E-state index is 13.1. The number of hydrogen-bond donors (Lipinski definition) is 1. The Labute approximate surface area is 164 Å². The first kappa shape index (κ1) is 17.7. The SMILES string of the molecule is Cc1nn(C)c2nc(-c3cccs3)cc(C(=O)Nc3nnc(C(C)C)s3)c12. The highest BCUT2D eigenvalue weighted by Crippen LogP contribution is 2.30. The second kappa shape index (κ2) is 6.82. The van der Waals surface area contributed by atoms with E-state index in [1.54, 1.807) is 16.0 Å². The summed E-state index contributed by atoms with van der Waals surface area (Å²) in [6, 6.07) is 5.78. The number of anilines is 1. The Balaban J connectivity index is 1.80. The summed E-state index contributed by atoms with van der Waals surface area (Å²) in [4.78, 5) is 18.8. The molecule has 0 unspecified atom stereocenters. The number of carbonyl (C=O) groups is 1. The summed E-state index contributed by atoms with van der Waals surface area (Å²) in [7, 11) is 1.84. The second-order valence-electron chi connectivity index (χ2n) is 6.49. The molecule has 0 radical (unpaired) electrons. The largest absolute Gasteiger partial charge is 0.296 e. The molecular weight excluding hydrogens is 380 g/mol. The van der Waals surface area contributed by atoms with Crippen LogP contribution in [0.3, 0.4) is 0 Å². The van der Waals surface area contributed by atoms with Gasteiger partial charge in [-0.25, -0.2) is 4.98 Å². The molecule has 0 atom stereocenters. The third kappa shape index (κ3) is 3.24. The molecule has 4 aromatic heterocycles. The molecule has 4 rings (SSSR count). The van der Waals surface area contributed by atoms with Gasteiger partial charge in [0.25, 0.3) is 5.91 Å². The molecule has 0 spiro atoms. The predicted octanol–water partition coefficient (Wildman–Crippen LogP) is 4.23. The highest BCUT2D eigenvalue weighted by Gasteiger charge is 2.21. The van der Waals surface area contributed by atoms with E-state index in [9.17, 15) is 4.79 Å².